The first-order valence-corrected chi connectivity index (χ1v) is 6.85. The molecular weight excluding hydrogens is 228 g/mol. The predicted molar refractivity (Wildman–Crippen MR) is 73.2 cm³/mol. The molecule has 0 amide bonds. The van der Waals surface area contributed by atoms with E-state index in [4.69, 9.17) is 0 Å². The molecule has 17 heavy (non-hydrogen) atoms. The number of nitrogens with zero attached hydrogens (tertiary/aromatic N) is 1. The lowest BCUT2D eigenvalue weighted by Crippen LogP contribution is -2.12. The van der Waals surface area contributed by atoms with E-state index in [1.807, 2.05) is 5.51 Å². The molecule has 0 aliphatic rings. The zero-order valence-corrected chi connectivity index (χ0v) is 11.2. The summed E-state index contributed by atoms with van der Waals surface area (Å²) in [5.74, 6) is 0. The molecule has 1 aromatic heterocycles. The average Bonchev–Trinajstić information content (AvgIpc) is 2.76. The van der Waals surface area contributed by atoms with Crippen LogP contribution in [0.5, 0.6) is 0 Å². The highest BCUT2D eigenvalue weighted by molar-refractivity contribution is 7.09. The molecule has 0 spiro atoms. The molecule has 0 aliphatic carbocycles. The van der Waals surface area contributed by atoms with Crippen LogP contribution in [-0.2, 0) is 19.5 Å². The second-order valence-electron chi connectivity index (χ2n) is 4.13. The van der Waals surface area contributed by atoms with Gasteiger partial charge >= 0.3 is 0 Å². The monoisotopic (exact) mass is 246 g/mol. The molecule has 2 aromatic rings. The quantitative estimate of drug-likeness (QED) is 0.875. The Hall–Kier alpha value is -1.19. The molecule has 0 aliphatic heterocycles. The second kappa shape index (κ2) is 5.94. The number of thiazole rings is 1. The molecule has 3 heteroatoms. The molecule has 1 heterocycles. The molecule has 90 valence electrons. The number of nitrogens with one attached hydrogen (secondary N) is 1. The standard InChI is InChI=1S/C14H18N2S/c1-3-12-4-6-13(7-5-12)8-15-9-14-11(2)16-10-17-14/h4-7,10,15H,3,8-9H2,1-2H3. The third-order valence-corrected chi connectivity index (χ3v) is 3.83. The van der Waals surface area contributed by atoms with Crippen molar-refractivity contribution in [1.82, 2.24) is 10.3 Å². The van der Waals surface area contributed by atoms with Gasteiger partial charge in [0.1, 0.15) is 0 Å². The highest BCUT2D eigenvalue weighted by atomic mass is 32.1. The van der Waals surface area contributed by atoms with Crippen molar-refractivity contribution >= 4 is 11.3 Å². The first kappa shape index (κ1) is 12.3. The van der Waals surface area contributed by atoms with Crippen molar-refractivity contribution in [1.29, 1.82) is 0 Å². The number of rotatable bonds is 5. The smallest absolute Gasteiger partial charge is 0.0798 e. The van der Waals surface area contributed by atoms with E-state index in [1.165, 1.54) is 16.0 Å². The molecule has 0 unspecified atom stereocenters. The summed E-state index contributed by atoms with van der Waals surface area (Å²) in [5, 5.41) is 3.45. The molecule has 2 rings (SSSR count). The molecule has 1 N–H and O–H groups in total. The fourth-order valence-corrected chi connectivity index (χ4v) is 2.46. The van der Waals surface area contributed by atoms with Crippen molar-refractivity contribution in [3.05, 3.63) is 51.5 Å². The van der Waals surface area contributed by atoms with Crippen LogP contribution < -0.4 is 5.32 Å². The Kier molecular flexibility index (Phi) is 4.29. The summed E-state index contributed by atoms with van der Waals surface area (Å²) in [6, 6.07) is 8.81. The van der Waals surface area contributed by atoms with Crippen molar-refractivity contribution < 1.29 is 0 Å². The molecule has 2 nitrogen and oxygen atoms in total. The van der Waals surface area contributed by atoms with E-state index in [0.29, 0.717) is 0 Å². The number of aryl methyl sites for hydroxylation is 2. The average molecular weight is 246 g/mol. The summed E-state index contributed by atoms with van der Waals surface area (Å²) in [6.07, 6.45) is 1.10. The van der Waals surface area contributed by atoms with Gasteiger partial charge in [0, 0.05) is 18.0 Å². The van der Waals surface area contributed by atoms with Crippen molar-refractivity contribution in [3.63, 3.8) is 0 Å². The maximum Gasteiger partial charge on any atom is 0.0798 e. The lowest BCUT2D eigenvalue weighted by Gasteiger charge is -2.05. The van der Waals surface area contributed by atoms with Crippen LogP contribution in [0.3, 0.4) is 0 Å². The first-order valence-electron chi connectivity index (χ1n) is 5.97. The van der Waals surface area contributed by atoms with Gasteiger partial charge in [-0.25, -0.2) is 4.98 Å². The zero-order valence-electron chi connectivity index (χ0n) is 10.4. The van der Waals surface area contributed by atoms with Crippen molar-refractivity contribution in [2.24, 2.45) is 0 Å². The van der Waals surface area contributed by atoms with E-state index in [0.717, 1.165) is 25.2 Å². The Morgan fingerprint density at radius 3 is 2.41 bits per heavy atom. The maximum absolute atomic E-state index is 4.24. The predicted octanol–water partition coefficient (Wildman–Crippen LogP) is 3.30. The number of benzene rings is 1. The van der Waals surface area contributed by atoms with Gasteiger partial charge in [-0.15, -0.1) is 11.3 Å². The Morgan fingerprint density at radius 1 is 1.12 bits per heavy atom. The van der Waals surface area contributed by atoms with Gasteiger partial charge in [-0.1, -0.05) is 31.2 Å². The third kappa shape index (κ3) is 3.38. The van der Waals surface area contributed by atoms with E-state index in [1.54, 1.807) is 11.3 Å². The summed E-state index contributed by atoms with van der Waals surface area (Å²) in [7, 11) is 0. The van der Waals surface area contributed by atoms with E-state index in [2.05, 4.69) is 48.4 Å². The van der Waals surface area contributed by atoms with Gasteiger partial charge in [0.05, 0.1) is 11.2 Å². The normalized spacial score (nSPS) is 10.7. The molecule has 0 saturated heterocycles. The van der Waals surface area contributed by atoms with Crippen molar-refractivity contribution in [2.45, 2.75) is 33.4 Å². The van der Waals surface area contributed by atoms with Crippen molar-refractivity contribution in [2.75, 3.05) is 0 Å². The highest BCUT2D eigenvalue weighted by Crippen LogP contribution is 2.12. The number of hydrogen-bond acceptors (Lipinski definition) is 3. The van der Waals surface area contributed by atoms with Gasteiger partial charge in [0.15, 0.2) is 0 Å². The van der Waals surface area contributed by atoms with Crippen LogP contribution in [0, 0.1) is 6.92 Å². The van der Waals surface area contributed by atoms with Gasteiger partial charge in [-0.2, -0.15) is 0 Å². The number of hydrogen-bond donors (Lipinski definition) is 1. The topological polar surface area (TPSA) is 24.9 Å². The minimum atomic E-state index is 0.909. The molecule has 0 bridgehead atoms. The van der Waals surface area contributed by atoms with E-state index in [9.17, 15) is 0 Å². The Morgan fingerprint density at radius 2 is 1.82 bits per heavy atom. The molecule has 0 atom stereocenters. The Balaban J connectivity index is 1.83. The van der Waals surface area contributed by atoms with Gasteiger partial charge < -0.3 is 5.32 Å². The molecular formula is C14H18N2S. The van der Waals surface area contributed by atoms with Crippen LogP contribution in [0.4, 0.5) is 0 Å². The highest BCUT2D eigenvalue weighted by Gasteiger charge is 2.00. The van der Waals surface area contributed by atoms with Crippen LogP contribution in [0.25, 0.3) is 0 Å². The summed E-state index contributed by atoms with van der Waals surface area (Å²) < 4.78 is 0. The third-order valence-electron chi connectivity index (χ3n) is 2.89. The summed E-state index contributed by atoms with van der Waals surface area (Å²) in [5.41, 5.74) is 5.78. The lowest BCUT2D eigenvalue weighted by atomic mass is 10.1. The van der Waals surface area contributed by atoms with Crippen LogP contribution in [0.2, 0.25) is 0 Å². The first-order chi connectivity index (χ1) is 8.29. The summed E-state index contributed by atoms with van der Waals surface area (Å²) in [4.78, 5) is 5.57. The van der Waals surface area contributed by atoms with E-state index < -0.39 is 0 Å². The summed E-state index contributed by atoms with van der Waals surface area (Å²) in [6.45, 7) is 6.07. The maximum atomic E-state index is 4.24. The van der Waals surface area contributed by atoms with Crippen molar-refractivity contribution in [3.8, 4) is 0 Å². The molecule has 1 aromatic carbocycles. The molecule has 0 fully saturated rings. The Labute approximate surface area is 107 Å². The fraction of sp³-hybridized carbons (Fsp3) is 0.357. The SMILES string of the molecule is CCc1ccc(CNCc2scnc2C)cc1. The van der Waals surface area contributed by atoms with Gasteiger partial charge in [0.25, 0.3) is 0 Å². The molecule has 0 radical (unpaired) electrons. The summed E-state index contributed by atoms with van der Waals surface area (Å²) >= 11 is 1.72. The fourth-order valence-electron chi connectivity index (χ4n) is 1.71. The lowest BCUT2D eigenvalue weighted by molar-refractivity contribution is 0.697. The second-order valence-corrected chi connectivity index (χ2v) is 5.07. The van der Waals surface area contributed by atoms with Gasteiger partial charge in [0.2, 0.25) is 0 Å². The van der Waals surface area contributed by atoms with Crippen LogP contribution in [-0.4, -0.2) is 4.98 Å². The largest absolute Gasteiger partial charge is 0.308 e. The van der Waals surface area contributed by atoms with E-state index >= 15 is 0 Å². The zero-order chi connectivity index (χ0) is 12.1. The van der Waals surface area contributed by atoms with Gasteiger partial charge in [-0.3, -0.25) is 0 Å². The number of aromatic nitrogens is 1. The van der Waals surface area contributed by atoms with Gasteiger partial charge in [-0.05, 0) is 24.5 Å². The minimum absolute atomic E-state index is 0.909. The van der Waals surface area contributed by atoms with Crippen LogP contribution in [0.15, 0.2) is 29.8 Å². The molecule has 0 saturated carbocycles. The van der Waals surface area contributed by atoms with Crippen LogP contribution >= 0.6 is 11.3 Å². The van der Waals surface area contributed by atoms with Crippen LogP contribution in [0.1, 0.15) is 28.6 Å². The Bertz CT molecular complexity index is 459. The minimum Gasteiger partial charge on any atom is -0.308 e. The van der Waals surface area contributed by atoms with E-state index in [-0.39, 0.29) is 0 Å².